The van der Waals surface area contributed by atoms with Gasteiger partial charge in [0.25, 0.3) is 0 Å². The summed E-state index contributed by atoms with van der Waals surface area (Å²) in [5, 5.41) is 9.33. The molecule has 1 atom stereocenters. The third-order valence-electron chi connectivity index (χ3n) is 4.07. The molecule has 2 rings (SSSR count). The molecule has 1 aromatic carbocycles. The highest BCUT2D eigenvalue weighted by molar-refractivity contribution is 5.36. The molecule has 0 saturated carbocycles. The summed E-state index contributed by atoms with van der Waals surface area (Å²) in [5.74, 6) is 1.46. The molecule has 1 N–H and O–H groups in total. The molecule has 1 aromatic rings. The van der Waals surface area contributed by atoms with Crippen LogP contribution >= 0.6 is 0 Å². The van der Waals surface area contributed by atoms with Crippen molar-refractivity contribution in [3.05, 3.63) is 29.3 Å². The summed E-state index contributed by atoms with van der Waals surface area (Å²) in [6.45, 7) is 10.3. The van der Waals surface area contributed by atoms with E-state index in [1.54, 1.807) is 0 Å². The van der Waals surface area contributed by atoms with Crippen LogP contribution in [0.3, 0.4) is 0 Å². The third-order valence-corrected chi connectivity index (χ3v) is 4.07. The molecule has 21 heavy (non-hydrogen) atoms. The Morgan fingerprint density at radius 3 is 2.90 bits per heavy atom. The number of nitrogens with zero attached hydrogens (tertiary/aromatic N) is 1. The van der Waals surface area contributed by atoms with Gasteiger partial charge >= 0.3 is 0 Å². The van der Waals surface area contributed by atoms with E-state index in [1.165, 1.54) is 11.1 Å². The standard InChI is InChI=1S/C17H27NO3/c1-13(2)17-5-4-16(10-14(17)3)21-9-7-18-6-8-20-12-15(18)11-19/h4-5,10,13,15,19H,6-9,11-12H2,1-3H3. The fourth-order valence-corrected chi connectivity index (χ4v) is 2.82. The van der Waals surface area contributed by atoms with E-state index in [1.807, 2.05) is 6.07 Å². The molecule has 0 aliphatic carbocycles. The van der Waals surface area contributed by atoms with Gasteiger partial charge in [-0.05, 0) is 36.1 Å². The summed E-state index contributed by atoms with van der Waals surface area (Å²) < 4.78 is 11.2. The zero-order valence-electron chi connectivity index (χ0n) is 13.3. The second-order valence-electron chi connectivity index (χ2n) is 5.97. The summed E-state index contributed by atoms with van der Waals surface area (Å²) in [6.07, 6.45) is 0. The average molecular weight is 293 g/mol. The van der Waals surface area contributed by atoms with E-state index in [9.17, 15) is 5.11 Å². The van der Waals surface area contributed by atoms with Gasteiger partial charge in [0.15, 0.2) is 0 Å². The maximum atomic E-state index is 9.33. The monoisotopic (exact) mass is 293 g/mol. The first-order valence-electron chi connectivity index (χ1n) is 7.77. The number of hydrogen-bond acceptors (Lipinski definition) is 4. The van der Waals surface area contributed by atoms with E-state index < -0.39 is 0 Å². The van der Waals surface area contributed by atoms with Crippen LogP contribution in [0.25, 0.3) is 0 Å². The van der Waals surface area contributed by atoms with Crippen LogP contribution in [0, 0.1) is 6.92 Å². The van der Waals surface area contributed by atoms with Crippen molar-refractivity contribution in [2.24, 2.45) is 0 Å². The molecular formula is C17H27NO3. The van der Waals surface area contributed by atoms with Gasteiger partial charge in [0.05, 0.1) is 25.9 Å². The van der Waals surface area contributed by atoms with Crippen LogP contribution in [-0.2, 0) is 4.74 Å². The molecule has 0 amide bonds. The fraction of sp³-hybridized carbons (Fsp3) is 0.647. The van der Waals surface area contributed by atoms with Gasteiger partial charge in [0, 0.05) is 13.1 Å². The average Bonchev–Trinajstić information content (AvgIpc) is 2.47. The lowest BCUT2D eigenvalue weighted by molar-refractivity contribution is -0.0312. The SMILES string of the molecule is Cc1cc(OCCN2CCOCC2CO)ccc1C(C)C. The number of aliphatic hydroxyl groups excluding tert-OH is 1. The number of benzene rings is 1. The number of hydrogen-bond donors (Lipinski definition) is 1. The van der Waals surface area contributed by atoms with Crippen LogP contribution in [0.1, 0.15) is 30.9 Å². The topological polar surface area (TPSA) is 41.9 Å². The van der Waals surface area contributed by atoms with Crippen molar-refractivity contribution in [1.29, 1.82) is 0 Å². The lowest BCUT2D eigenvalue weighted by Crippen LogP contribution is -2.48. The van der Waals surface area contributed by atoms with Crippen molar-refractivity contribution >= 4 is 0 Å². The van der Waals surface area contributed by atoms with Crippen LogP contribution < -0.4 is 4.74 Å². The van der Waals surface area contributed by atoms with E-state index in [0.29, 0.717) is 19.1 Å². The van der Waals surface area contributed by atoms with E-state index in [2.05, 4.69) is 37.8 Å². The molecular weight excluding hydrogens is 266 g/mol. The normalized spacial score (nSPS) is 20.0. The molecule has 0 aromatic heterocycles. The van der Waals surface area contributed by atoms with E-state index in [0.717, 1.165) is 25.4 Å². The van der Waals surface area contributed by atoms with Crippen LogP contribution in [0.15, 0.2) is 18.2 Å². The Bertz CT molecular complexity index is 448. The number of ether oxygens (including phenoxy) is 2. The molecule has 4 nitrogen and oxygen atoms in total. The highest BCUT2D eigenvalue weighted by atomic mass is 16.5. The van der Waals surface area contributed by atoms with Gasteiger partial charge in [-0.15, -0.1) is 0 Å². The summed E-state index contributed by atoms with van der Waals surface area (Å²) in [4.78, 5) is 2.23. The van der Waals surface area contributed by atoms with Crippen molar-refractivity contribution in [2.75, 3.05) is 39.5 Å². The summed E-state index contributed by atoms with van der Waals surface area (Å²) in [5.41, 5.74) is 2.65. The first kappa shape index (κ1) is 16.3. The van der Waals surface area contributed by atoms with Crippen LogP contribution in [0.4, 0.5) is 0 Å². The summed E-state index contributed by atoms with van der Waals surface area (Å²) in [6, 6.07) is 6.41. The quantitative estimate of drug-likeness (QED) is 0.873. The molecule has 1 aliphatic heterocycles. The van der Waals surface area contributed by atoms with Crippen LogP contribution in [0.2, 0.25) is 0 Å². The first-order chi connectivity index (χ1) is 10.1. The van der Waals surface area contributed by atoms with E-state index in [4.69, 9.17) is 9.47 Å². The third kappa shape index (κ3) is 4.43. The van der Waals surface area contributed by atoms with E-state index in [-0.39, 0.29) is 12.6 Å². The summed E-state index contributed by atoms with van der Waals surface area (Å²) >= 11 is 0. The largest absolute Gasteiger partial charge is 0.492 e. The molecule has 1 unspecified atom stereocenters. The number of aryl methyl sites for hydroxylation is 1. The Hall–Kier alpha value is -1.10. The van der Waals surface area contributed by atoms with Crippen molar-refractivity contribution in [3.63, 3.8) is 0 Å². The van der Waals surface area contributed by atoms with Gasteiger partial charge in [-0.3, -0.25) is 4.90 Å². The van der Waals surface area contributed by atoms with Gasteiger partial charge in [0.1, 0.15) is 12.4 Å². The number of morpholine rings is 1. The lowest BCUT2D eigenvalue weighted by Gasteiger charge is -2.34. The second-order valence-corrected chi connectivity index (χ2v) is 5.97. The predicted octanol–water partition coefficient (Wildman–Crippen LogP) is 2.19. The molecule has 4 heteroatoms. The smallest absolute Gasteiger partial charge is 0.119 e. The number of aliphatic hydroxyl groups is 1. The van der Waals surface area contributed by atoms with Crippen LogP contribution in [0.5, 0.6) is 5.75 Å². The zero-order valence-corrected chi connectivity index (χ0v) is 13.3. The Morgan fingerprint density at radius 2 is 2.24 bits per heavy atom. The lowest BCUT2D eigenvalue weighted by atomic mass is 9.98. The fourth-order valence-electron chi connectivity index (χ4n) is 2.82. The zero-order chi connectivity index (χ0) is 15.2. The molecule has 1 fully saturated rings. The van der Waals surface area contributed by atoms with Gasteiger partial charge in [-0.25, -0.2) is 0 Å². The molecule has 0 spiro atoms. The van der Waals surface area contributed by atoms with Crippen molar-refractivity contribution in [2.45, 2.75) is 32.7 Å². The molecule has 1 heterocycles. The molecule has 1 saturated heterocycles. The predicted molar refractivity (Wildman–Crippen MR) is 84.0 cm³/mol. The summed E-state index contributed by atoms with van der Waals surface area (Å²) in [7, 11) is 0. The van der Waals surface area contributed by atoms with Crippen molar-refractivity contribution in [3.8, 4) is 5.75 Å². The Morgan fingerprint density at radius 1 is 1.43 bits per heavy atom. The molecule has 1 aliphatic rings. The second kappa shape index (κ2) is 7.78. The first-order valence-corrected chi connectivity index (χ1v) is 7.77. The Balaban J connectivity index is 1.84. The van der Waals surface area contributed by atoms with E-state index >= 15 is 0 Å². The maximum absolute atomic E-state index is 9.33. The van der Waals surface area contributed by atoms with Crippen molar-refractivity contribution in [1.82, 2.24) is 4.90 Å². The Labute approximate surface area is 127 Å². The van der Waals surface area contributed by atoms with Gasteiger partial charge in [-0.2, -0.15) is 0 Å². The van der Waals surface area contributed by atoms with Gasteiger partial charge in [-0.1, -0.05) is 19.9 Å². The Kier molecular flexibility index (Phi) is 6.03. The minimum Gasteiger partial charge on any atom is -0.492 e. The molecule has 118 valence electrons. The number of rotatable bonds is 6. The minimum atomic E-state index is 0.104. The van der Waals surface area contributed by atoms with Gasteiger partial charge in [0.2, 0.25) is 0 Å². The van der Waals surface area contributed by atoms with Crippen LogP contribution in [-0.4, -0.2) is 55.6 Å². The maximum Gasteiger partial charge on any atom is 0.119 e. The highest BCUT2D eigenvalue weighted by Gasteiger charge is 2.21. The molecule has 0 bridgehead atoms. The van der Waals surface area contributed by atoms with Crippen molar-refractivity contribution < 1.29 is 14.6 Å². The molecule has 0 radical (unpaired) electrons. The highest BCUT2D eigenvalue weighted by Crippen LogP contribution is 2.23. The minimum absolute atomic E-state index is 0.104. The van der Waals surface area contributed by atoms with Gasteiger partial charge < -0.3 is 14.6 Å².